The maximum atomic E-state index is 11.9. The lowest BCUT2D eigenvalue weighted by atomic mass is 10.0. The molecule has 1 aromatic rings. The molecular formula is C12H16N2O4. The van der Waals surface area contributed by atoms with Crippen molar-refractivity contribution in [3.63, 3.8) is 0 Å². The smallest absolute Gasteiger partial charge is 0.330 e. The molecule has 2 fully saturated rings. The highest BCUT2D eigenvalue weighted by Gasteiger charge is 2.57. The monoisotopic (exact) mass is 252 g/mol. The van der Waals surface area contributed by atoms with E-state index in [-0.39, 0.29) is 29.9 Å². The predicted molar refractivity (Wildman–Crippen MR) is 63.3 cm³/mol. The Bertz CT molecular complexity index is 584. The average molecular weight is 252 g/mol. The summed E-state index contributed by atoms with van der Waals surface area (Å²) in [6, 6.07) is 0. The number of aliphatic hydroxyl groups excluding tert-OH is 1. The van der Waals surface area contributed by atoms with Crippen molar-refractivity contribution in [3.05, 3.63) is 32.6 Å². The van der Waals surface area contributed by atoms with E-state index in [0.29, 0.717) is 5.56 Å². The Kier molecular flexibility index (Phi) is 2.46. The van der Waals surface area contributed by atoms with E-state index >= 15 is 0 Å². The summed E-state index contributed by atoms with van der Waals surface area (Å²) >= 11 is 0. The minimum atomic E-state index is -0.444. The van der Waals surface area contributed by atoms with Gasteiger partial charge in [0.2, 0.25) is 0 Å². The molecule has 1 aliphatic heterocycles. The van der Waals surface area contributed by atoms with Crippen LogP contribution in [0, 0.1) is 12.3 Å². The highest BCUT2D eigenvalue weighted by Crippen LogP contribution is 2.62. The number of aliphatic hydroxyl groups is 1. The number of nitrogens with one attached hydrogen (secondary N) is 1. The molecule has 1 saturated carbocycles. The first kappa shape index (κ1) is 11.7. The van der Waals surface area contributed by atoms with Crippen molar-refractivity contribution in [1.82, 2.24) is 9.55 Å². The zero-order chi connectivity index (χ0) is 12.9. The van der Waals surface area contributed by atoms with Crippen LogP contribution in [0.4, 0.5) is 0 Å². The van der Waals surface area contributed by atoms with E-state index in [0.717, 1.165) is 19.3 Å². The summed E-state index contributed by atoms with van der Waals surface area (Å²) in [7, 11) is 0. The first-order chi connectivity index (χ1) is 8.55. The average Bonchev–Trinajstić information content (AvgIpc) is 2.99. The zero-order valence-electron chi connectivity index (χ0n) is 10.2. The summed E-state index contributed by atoms with van der Waals surface area (Å²) in [4.78, 5) is 25.5. The van der Waals surface area contributed by atoms with E-state index in [1.54, 1.807) is 13.1 Å². The fourth-order valence-electron chi connectivity index (χ4n) is 2.77. The third-order valence-corrected chi connectivity index (χ3v) is 3.97. The molecule has 2 unspecified atom stereocenters. The Labute approximate surface area is 103 Å². The molecule has 1 aromatic heterocycles. The normalized spacial score (nSPS) is 28.8. The molecule has 6 heteroatoms. The lowest BCUT2D eigenvalue weighted by Gasteiger charge is -2.20. The number of ether oxygens (including phenoxy) is 1. The van der Waals surface area contributed by atoms with Crippen LogP contribution in [0.1, 0.15) is 31.1 Å². The van der Waals surface area contributed by atoms with E-state index in [9.17, 15) is 14.7 Å². The number of hydrogen-bond donors (Lipinski definition) is 2. The highest BCUT2D eigenvalue weighted by molar-refractivity contribution is 5.08. The van der Waals surface area contributed by atoms with Crippen LogP contribution in [0.2, 0.25) is 0 Å². The SMILES string of the molecule is Cc1cn(C2OC(CO)CC23CC3)c(=O)[nH]c1=O. The molecule has 2 atom stereocenters. The summed E-state index contributed by atoms with van der Waals surface area (Å²) in [5.74, 6) is 0. The largest absolute Gasteiger partial charge is 0.394 e. The van der Waals surface area contributed by atoms with Crippen molar-refractivity contribution in [3.8, 4) is 0 Å². The Morgan fingerprint density at radius 3 is 2.89 bits per heavy atom. The van der Waals surface area contributed by atoms with E-state index in [1.165, 1.54) is 4.57 Å². The molecule has 0 radical (unpaired) electrons. The van der Waals surface area contributed by atoms with E-state index in [1.807, 2.05) is 0 Å². The van der Waals surface area contributed by atoms with Crippen LogP contribution in [0.15, 0.2) is 15.8 Å². The number of aryl methyl sites for hydroxylation is 1. The molecule has 0 amide bonds. The second-order valence-electron chi connectivity index (χ2n) is 5.34. The van der Waals surface area contributed by atoms with Gasteiger partial charge in [-0.15, -0.1) is 0 Å². The number of aromatic nitrogens is 2. The van der Waals surface area contributed by atoms with E-state index in [4.69, 9.17) is 4.74 Å². The number of rotatable bonds is 2. The lowest BCUT2D eigenvalue weighted by Crippen LogP contribution is -2.35. The molecule has 2 aliphatic rings. The molecule has 98 valence electrons. The van der Waals surface area contributed by atoms with Crippen LogP contribution in [-0.4, -0.2) is 27.4 Å². The predicted octanol–water partition coefficient (Wildman–Crippen LogP) is -0.0950. The quantitative estimate of drug-likeness (QED) is 0.770. The minimum Gasteiger partial charge on any atom is -0.394 e. The Hall–Kier alpha value is -1.40. The van der Waals surface area contributed by atoms with Gasteiger partial charge in [-0.2, -0.15) is 0 Å². The molecule has 18 heavy (non-hydrogen) atoms. The van der Waals surface area contributed by atoms with Crippen molar-refractivity contribution < 1.29 is 9.84 Å². The van der Waals surface area contributed by atoms with Crippen LogP contribution in [0.5, 0.6) is 0 Å². The lowest BCUT2D eigenvalue weighted by molar-refractivity contribution is -0.0391. The molecule has 1 aliphatic carbocycles. The van der Waals surface area contributed by atoms with Gasteiger partial charge in [0, 0.05) is 17.2 Å². The van der Waals surface area contributed by atoms with E-state index < -0.39 is 5.69 Å². The molecule has 6 nitrogen and oxygen atoms in total. The van der Waals surface area contributed by atoms with Gasteiger partial charge in [-0.1, -0.05) is 0 Å². The maximum absolute atomic E-state index is 11.9. The minimum absolute atomic E-state index is 0.0259. The van der Waals surface area contributed by atoms with Gasteiger partial charge in [-0.25, -0.2) is 4.79 Å². The molecule has 0 aromatic carbocycles. The van der Waals surface area contributed by atoms with Gasteiger partial charge in [-0.05, 0) is 26.2 Å². The second kappa shape index (κ2) is 3.80. The Morgan fingerprint density at radius 2 is 2.28 bits per heavy atom. The van der Waals surface area contributed by atoms with E-state index in [2.05, 4.69) is 4.98 Å². The van der Waals surface area contributed by atoms with Crippen molar-refractivity contribution >= 4 is 0 Å². The van der Waals surface area contributed by atoms with Gasteiger partial charge in [0.15, 0.2) is 0 Å². The van der Waals surface area contributed by atoms with Gasteiger partial charge < -0.3 is 9.84 Å². The first-order valence-corrected chi connectivity index (χ1v) is 6.14. The van der Waals surface area contributed by atoms with Crippen molar-refractivity contribution in [2.75, 3.05) is 6.61 Å². The first-order valence-electron chi connectivity index (χ1n) is 6.14. The van der Waals surface area contributed by atoms with Crippen LogP contribution in [0.25, 0.3) is 0 Å². The fourth-order valence-corrected chi connectivity index (χ4v) is 2.77. The van der Waals surface area contributed by atoms with Crippen LogP contribution < -0.4 is 11.2 Å². The number of nitrogens with zero attached hydrogens (tertiary/aromatic N) is 1. The summed E-state index contributed by atoms with van der Waals surface area (Å²) in [5, 5.41) is 9.19. The van der Waals surface area contributed by atoms with Crippen molar-refractivity contribution in [1.29, 1.82) is 0 Å². The van der Waals surface area contributed by atoms with Gasteiger partial charge in [0.25, 0.3) is 5.56 Å². The molecule has 2 N–H and O–H groups in total. The zero-order valence-corrected chi connectivity index (χ0v) is 10.2. The summed E-state index contributed by atoms with van der Waals surface area (Å²) in [6.45, 7) is 1.63. The third-order valence-electron chi connectivity index (χ3n) is 3.97. The van der Waals surface area contributed by atoms with Crippen LogP contribution in [0.3, 0.4) is 0 Å². The van der Waals surface area contributed by atoms with Gasteiger partial charge in [-0.3, -0.25) is 14.3 Å². The molecule has 3 rings (SSSR count). The summed E-state index contributed by atoms with van der Waals surface area (Å²) < 4.78 is 7.20. The number of hydrogen-bond acceptors (Lipinski definition) is 4. The molecular weight excluding hydrogens is 236 g/mol. The Balaban J connectivity index is 2.03. The topological polar surface area (TPSA) is 84.3 Å². The maximum Gasteiger partial charge on any atom is 0.330 e. The highest BCUT2D eigenvalue weighted by atomic mass is 16.5. The molecule has 1 saturated heterocycles. The second-order valence-corrected chi connectivity index (χ2v) is 5.34. The van der Waals surface area contributed by atoms with Crippen LogP contribution >= 0.6 is 0 Å². The van der Waals surface area contributed by atoms with Crippen LogP contribution in [-0.2, 0) is 4.74 Å². The molecule has 2 heterocycles. The van der Waals surface area contributed by atoms with Crippen molar-refractivity contribution in [2.24, 2.45) is 5.41 Å². The number of H-pyrrole nitrogens is 1. The molecule has 0 bridgehead atoms. The Morgan fingerprint density at radius 1 is 1.56 bits per heavy atom. The summed E-state index contributed by atoms with van der Waals surface area (Å²) in [6.07, 6.45) is 3.75. The molecule has 1 spiro atoms. The van der Waals surface area contributed by atoms with Crippen molar-refractivity contribution in [2.45, 2.75) is 38.5 Å². The van der Waals surface area contributed by atoms with Gasteiger partial charge >= 0.3 is 5.69 Å². The summed E-state index contributed by atoms with van der Waals surface area (Å²) in [5.41, 5.74) is -0.346. The third kappa shape index (κ3) is 1.64. The van der Waals surface area contributed by atoms with Gasteiger partial charge in [0.05, 0.1) is 12.7 Å². The number of aromatic amines is 1. The fraction of sp³-hybridized carbons (Fsp3) is 0.667. The van der Waals surface area contributed by atoms with Gasteiger partial charge in [0.1, 0.15) is 6.23 Å². The standard InChI is InChI=1S/C12H16N2O4/c1-7-5-14(11(17)13-9(7)16)10-12(2-3-12)4-8(6-15)18-10/h5,8,10,15H,2-4,6H2,1H3,(H,13,16,17).